The number of halogens is 1. The predicted molar refractivity (Wildman–Crippen MR) is 64.2 cm³/mol. The van der Waals surface area contributed by atoms with Gasteiger partial charge < -0.3 is 4.98 Å². The highest BCUT2D eigenvalue weighted by molar-refractivity contribution is 9.08. The molecule has 8 heteroatoms. The maximum atomic E-state index is 10.8. The highest BCUT2D eigenvalue weighted by atomic mass is 79.9. The van der Waals surface area contributed by atoms with E-state index in [0.717, 1.165) is 11.8 Å². The van der Waals surface area contributed by atoms with Crippen molar-refractivity contribution in [1.82, 2.24) is 4.98 Å². The molecule has 88 valence electrons. The molecule has 2 aromatic rings. The van der Waals surface area contributed by atoms with Crippen LogP contribution in [-0.4, -0.2) is 14.8 Å². The Kier molecular flexibility index (Phi) is 2.80. The Morgan fingerprint density at radius 1 is 1.18 bits per heavy atom. The molecule has 1 aromatic heterocycles. The number of nitro benzene ring substituents is 2. The second-order valence-corrected chi connectivity index (χ2v) is 3.93. The lowest BCUT2D eigenvalue weighted by Crippen LogP contribution is -1.93. The number of rotatable bonds is 3. The van der Waals surface area contributed by atoms with E-state index in [0.29, 0.717) is 16.2 Å². The van der Waals surface area contributed by atoms with E-state index in [1.807, 2.05) is 0 Å². The highest BCUT2D eigenvalue weighted by Crippen LogP contribution is 2.31. The lowest BCUT2D eigenvalue weighted by atomic mass is 10.2. The van der Waals surface area contributed by atoms with Crippen LogP contribution in [0.15, 0.2) is 18.2 Å². The van der Waals surface area contributed by atoms with Crippen LogP contribution in [0.2, 0.25) is 0 Å². The second kappa shape index (κ2) is 4.13. The lowest BCUT2D eigenvalue weighted by molar-refractivity contribution is -0.393. The Bertz CT molecular complexity index is 622. The number of non-ortho nitro benzene ring substituents is 2. The average molecular weight is 300 g/mol. The minimum Gasteiger partial charge on any atom is -0.352 e. The number of aromatic nitrogens is 1. The lowest BCUT2D eigenvalue weighted by Gasteiger charge is -1.95. The number of nitrogens with one attached hydrogen (secondary N) is 1. The molecule has 0 unspecified atom stereocenters. The van der Waals surface area contributed by atoms with Crippen LogP contribution in [0.3, 0.4) is 0 Å². The molecule has 0 spiro atoms. The molecule has 1 N–H and O–H groups in total. The predicted octanol–water partition coefficient (Wildman–Crippen LogP) is 2.88. The van der Waals surface area contributed by atoms with Crippen LogP contribution in [-0.2, 0) is 5.33 Å². The monoisotopic (exact) mass is 299 g/mol. The zero-order valence-electron chi connectivity index (χ0n) is 8.34. The minimum absolute atomic E-state index is 0.288. The first-order chi connectivity index (χ1) is 8.02. The van der Waals surface area contributed by atoms with Gasteiger partial charge in [-0.15, -0.1) is 0 Å². The van der Waals surface area contributed by atoms with Gasteiger partial charge in [-0.1, -0.05) is 15.9 Å². The van der Waals surface area contributed by atoms with E-state index in [2.05, 4.69) is 20.9 Å². The zero-order valence-corrected chi connectivity index (χ0v) is 9.93. The summed E-state index contributed by atoms with van der Waals surface area (Å²) in [5.74, 6) is 0. The van der Waals surface area contributed by atoms with Crippen LogP contribution in [0, 0.1) is 20.2 Å². The summed E-state index contributed by atoms with van der Waals surface area (Å²) in [5, 5.41) is 22.4. The Balaban J connectivity index is 2.78. The average Bonchev–Trinajstić information content (AvgIpc) is 2.69. The topological polar surface area (TPSA) is 102 Å². The number of H-pyrrole nitrogens is 1. The van der Waals surface area contributed by atoms with Crippen LogP contribution in [0.5, 0.6) is 0 Å². The summed E-state index contributed by atoms with van der Waals surface area (Å²) in [6.45, 7) is 0. The van der Waals surface area contributed by atoms with Crippen molar-refractivity contribution < 1.29 is 9.85 Å². The normalized spacial score (nSPS) is 10.6. The molecule has 1 heterocycles. The Labute approximate surface area is 103 Å². The van der Waals surface area contributed by atoms with Crippen molar-refractivity contribution in [2.45, 2.75) is 5.33 Å². The van der Waals surface area contributed by atoms with Crippen LogP contribution < -0.4 is 0 Å². The fraction of sp³-hybridized carbons (Fsp3) is 0.111. The van der Waals surface area contributed by atoms with Crippen LogP contribution in [0.1, 0.15) is 5.69 Å². The fourth-order valence-electron chi connectivity index (χ4n) is 1.59. The number of hydrogen-bond acceptors (Lipinski definition) is 4. The van der Waals surface area contributed by atoms with Gasteiger partial charge in [0.15, 0.2) is 0 Å². The number of aromatic amines is 1. The molecular weight excluding hydrogens is 294 g/mol. The number of fused-ring (bicyclic) bond motifs is 1. The van der Waals surface area contributed by atoms with E-state index in [-0.39, 0.29) is 11.4 Å². The molecule has 2 rings (SSSR count). The third kappa shape index (κ3) is 1.98. The summed E-state index contributed by atoms with van der Waals surface area (Å²) < 4.78 is 0. The SMILES string of the molecule is O=[N+]([O-])c1cc([N+](=O)[O-])c2[nH]c(CBr)cc2c1. The fourth-order valence-corrected chi connectivity index (χ4v) is 1.89. The minimum atomic E-state index is -0.646. The van der Waals surface area contributed by atoms with Crippen molar-refractivity contribution in [3.63, 3.8) is 0 Å². The quantitative estimate of drug-likeness (QED) is 0.534. The number of hydrogen-bond donors (Lipinski definition) is 1. The van der Waals surface area contributed by atoms with E-state index in [1.54, 1.807) is 6.07 Å². The molecule has 0 amide bonds. The zero-order chi connectivity index (χ0) is 12.6. The third-order valence-corrected chi connectivity index (χ3v) is 2.90. The summed E-state index contributed by atoms with van der Waals surface area (Å²) >= 11 is 3.21. The maximum Gasteiger partial charge on any atom is 0.300 e. The number of nitrogens with zero attached hydrogens (tertiary/aromatic N) is 2. The molecule has 0 saturated heterocycles. The molecule has 0 fully saturated rings. The smallest absolute Gasteiger partial charge is 0.300 e. The van der Waals surface area contributed by atoms with Gasteiger partial charge in [0.05, 0.1) is 15.9 Å². The molecule has 0 radical (unpaired) electrons. The Morgan fingerprint density at radius 3 is 2.41 bits per heavy atom. The van der Waals surface area contributed by atoms with Crippen molar-refractivity contribution in [3.8, 4) is 0 Å². The van der Waals surface area contributed by atoms with Crippen molar-refractivity contribution in [2.75, 3.05) is 0 Å². The third-order valence-electron chi connectivity index (χ3n) is 2.30. The van der Waals surface area contributed by atoms with E-state index in [1.165, 1.54) is 6.07 Å². The first kappa shape index (κ1) is 11.5. The van der Waals surface area contributed by atoms with Gasteiger partial charge in [0.1, 0.15) is 5.52 Å². The second-order valence-electron chi connectivity index (χ2n) is 3.37. The van der Waals surface area contributed by atoms with E-state index < -0.39 is 9.85 Å². The van der Waals surface area contributed by atoms with Crippen LogP contribution in [0.4, 0.5) is 11.4 Å². The molecule has 0 saturated carbocycles. The van der Waals surface area contributed by atoms with Gasteiger partial charge >= 0.3 is 0 Å². The summed E-state index contributed by atoms with van der Waals surface area (Å²) in [4.78, 5) is 23.1. The van der Waals surface area contributed by atoms with Gasteiger partial charge in [-0.3, -0.25) is 20.2 Å². The summed E-state index contributed by atoms with van der Waals surface area (Å²) in [6, 6.07) is 3.91. The standard InChI is InChI=1S/C9H6BrN3O4/c10-4-6-1-5-2-7(12(14)15)3-8(13(16)17)9(5)11-6/h1-3,11H,4H2. The molecule has 1 aromatic carbocycles. The van der Waals surface area contributed by atoms with Gasteiger partial charge in [-0.2, -0.15) is 0 Å². The molecule has 0 aliphatic rings. The van der Waals surface area contributed by atoms with Crippen molar-refractivity contribution in [3.05, 3.63) is 44.1 Å². The first-order valence-corrected chi connectivity index (χ1v) is 5.65. The highest BCUT2D eigenvalue weighted by Gasteiger charge is 2.20. The Hall–Kier alpha value is -1.96. The molecule has 0 aliphatic heterocycles. The molecule has 0 atom stereocenters. The van der Waals surface area contributed by atoms with E-state index in [4.69, 9.17) is 0 Å². The molecule has 0 aliphatic carbocycles. The van der Waals surface area contributed by atoms with Crippen molar-refractivity contribution >= 4 is 38.2 Å². The van der Waals surface area contributed by atoms with Crippen molar-refractivity contribution in [2.24, 2.45) is 0 Å². The molecule has 0 bridgehead atoms. The summed E-state index contributed by atoms with van der Waals surface area (Å²) in [6.07, 6.45) is 0. The number of alkyl halides is 1. The largest absolute Gasteiger partial charge is 0.352 e. The van der Waals surface area contributed by atoms with Gasteiger partial charge in [0, 0.05) is 22.5 Å². The summed E-state index contributed by atoms with van der Waals surface area (Å²) in [7, 11) is 0. The van der Waals surface area contributed by atoms with Crippen molar-refractivity contribution in [1.29, 1.82) is 0 Å². The van der Waals surface area contributed by atoms with Gasteiger partial charge in [0.25, 0.3) is 11.4 Å². The molecule has 7 nitrogen and oxygen atoms in total. The van der Waals surface area contributed by atoms with Gasteiger partial charge in [-0.25, -0.2) is 0 Å². The van der Waals surface area contributed by atoms with Gasteiger partial charge in [0.2, 0.25) is 0 Å². The van der Waals surface area contributed by atoms with Crippen LogP contribution >= 0.6 is 15.9 Å². The molecule has 17 heavy (non-hydrogen) atoms. The number of nitro groups is 2. The van der Waals surface area contributed by atoms with Gasteiger partial charge in [-0.05, 0) is 6.07 Å². The summed E-state index contributed by atoms with van der Waals surface area (Å²) in [5.41, 5.74) is 0.448. The van der Waals surface area contributed by atoms with Crippen LogP contribution in [0.25, 0.3) is 10.9 Å². The Morgan fingerprint density at radius 2 is 1.88 bits per heavy atom. The first-order valence-electron chi connectivity index (χ1n) is 4.53. The molecular formula is C9H6BrN3O4. The maximum absolute atomic E-state index is 10.8. The number of benzene rings is 1. The van der Waals surface area contributed by atoms with E-state index >= 15 is 0 Å². The van der Waals surface area contributed by atoms with E-state index in [9.17, 15) is 20.2 Å².